The van der Waals surface area contributed by atoms with Gasteiger partial charge in [0.05, 0.1) is 31.8 Å². The van der Waals surface area contributed by atoms with Gasteiger partial charge in [0.2, 0.25) is 11.8 Å². The van der Waals surface area contributed by atoms with E-state index in [-0.39, 0.29) is 23.4 Å². The van der Waals surface area contributed by atoms with Gasteiger partial charge in [-0.3, -0.25) is 9.79 Å². The number of hydrogen-bond acceptors (Lipinski definition) is 8. The third-order valence-electron chi connectivity index (χ3n) is 6.31. The van der Waals surface area contributed by atoms with E-state index in [4.69, 9.17) is 4.74 Å². The van der Waals surface area contributed by atoms with Gasteiger partial charge in [-0.25, -0.2) is 19.4 Å². The lowest BCUT2D eigenvalue weighted by Crippen LogP contribution is -2.35. The molecule has 1 fully saturated rings. The van der Waals surface area contributed by atoms with Gasteiger partial charge in [-0.1, -0.05) is 6.07 Å². The third kappa shape index (κ3) is 4.46. The fourth-order valence-electron chi connectivity index (χ4n) is 4.40. The van der Waals surface area contributed by atoms with Crippen LogP contribution in [0.5, 0.6) is 5.88 Å². The van der Waals surface area contributed by atoms with E-state index in [9.17, 15) is 14.4 Å². The summed E-state index contributed by atoms with van der Waals surface area (Å²) in [6.45, 7) is 4.90. The predicted molar refractivity (Wildman–Crippen MR) is 126 cm³/mol. The topological polar surface area (TPSA) is 116 Å². The highest BCUT2D eigenvalue weighted by molar-refractivity contribution is 5.87. The first-order chi connectivity index (χ1) is 16.4. The molecule has 1 N–H and O–H groups in total. The van der Waals surface area contributed by atoms with Crippen LogP contribution < -0.4 is 10.1 Å². The zero-order valence-corrected chi connectivity index (χ0v) is 19.3. The Morgan fingerprint density at radius 2 is 2.26 bits per heavy atom. The Bertz CT molecular complexity index is 1190. The minimum atomic E-state index is -0.915. The number of nitrogens with zero attached hydrogens (tertiary/aromatic N) is 6. The number of pyridine rings is 2. The van der Waals surface area contributed by atoms with Gasteiger partial charge < -0.3 is 15.0 Å². The summed E-state index contributed by atoms with van der Waals surface area (Å²) in [6.07, 6.45) is 4.88. The molecule has 2 aliphatic rings. The number of anilines is 1. The van der Waals surface area contributed by atoms with Gasteiger partial charge in [-0.15, -0.1) is 0 Å². The van der Waals surface area contributed by atoms with Crippen molar-refractivity contribution in [3.63, 3.8) is 0 Å². The van der Waals surface area contributed by atoms with Crippen LogP contribution in [0.3, 0.4) is 0 Å². The Morgan fingerprint density at radius 1 is 1.44 bits per heavy atom. The first-order valence-corrected chi connectivity index (χ1v) is 11.0. The number of halogens is 1. The molecular formula is C24H26FN7O2. The summed E-state index contributed by atoms with van der Waals surface area (Å²) in [5.74, 6) is -0.394. The van der Waals surface area contributed by atoms with E-state index in [2.05, 4.69) is 31.3 Å². The van der Waals surface area contributed by atoms with Crippen LogP contribution in [0, 0.1) is 24.1 Å². The second kappa shape index (κ2) is 9.55. The smallest absolute Gasteiger partial charge is 0.230 e. The predicted octanol–water partition coefficient (Wildman–Crippen LogP) is 2.62. The van der Waals surface area contributed by atoms with Gasteiger partial charge >= 0.3 is 0 Å². The molecule has 3 atom stereocenters. The van der Waals surface area contributed by atoms with E-state index >= 15 is 0 Å². The van der Waals surface area contributed by atoms with Gasteiger partial charge in [0, 0.05) is 48.2 Å². The van der Waals surface area contributed by atoms with E-state index in [0.29, 0.717) is 25.5 Å². The number of nitrogens with one attached hydrogen (secondary N) is 1. The zero-order chi connectivity index (χ0) is 24.3. The van der Waals surface area contributed by atoms with Crippen molar-refractivity contribution in [2.75, 3.05) is 32.1 Å². The van der Waals surface area contributed by atoms with Crippen molar-refractivity contribution in [2.24, 2.45) is 9.98 Å². The summed E-state index contributed by atoms with van der Waals surface area (Å²) in [5.41, 5.74) is 0.843. The molecule has 10 heteroatoms. The summed E-state index contributed by atoms with van der Waals surface area (Å²) in [4.78, 5) is 31.4. The highest BCUT2D eigenvalue weighted by atomic mass is 19.1. The standard InChI is InChI=1S/C24H26FN7O2/c1-15(18-8-22(34-3)29-9-20(18)25)23(33)32-7-6-17(10-32)31-21-5-4-19(16(2)30-21)24(11-26)12-27-14-28-13-24/h4-5,8-9,12,14-15,17H,6-7,10,13H2,1-3H3,(H,30,31)/t15-,17+,24?/m1/s1. The van der Waals surface area contributed by atoms with Gasteiger partial charge in [0.1, 0.15) is 23.4 Å². The van der Waals surface area contributed by atoms with Gasteiger partial charge in [-0.05, 0) is 26.3 Å². The Balaban J connectivity index is 1.42. The molecule has 1 amide bonds. The van der Waals surface area contributed by atoms with E-state index in [1.807, 2.05) is 19.1 Å². The van der Waals surface area contributed by atoms with Crippen molar-refractivity contribution in [3.05, 3.63) is 47.0 Å². The van der Waals surface area contributed by atoms with Crippen LogP contribution in [0.2, 0.25) is 0 Å². The largest absolute Gasteiger partial charge is 0.481 e. The van der Waals surface area contributed by atoms with Gasteiger partial charge in [0.15, 0.2) is 0 Å². The first kappa shape index (κ1) is 23.3. The highest BCUT2D eigenvalue weighted by Crippen LogP contribution is 2.29. The summed E-state index contributed by atoms with van der Waals surface area (Å²) in [6, 6.07) is 7.50. The van der Waals surface area contributed by atoms with Crippen molar-refractivity contribution in [2.45, 2.75) is 37.6 Å². The fourth-order valence-corrected chi connectivity index (χ4v) is 4.40. The van der Waals surface area contributed by atoms with Crippen LogP contribution in [0.25, 0.3) is 0 Å². The zero-order valence-electron chi connectivity index (χ0n) is 19.3. The van der Waals surface area contributed by atoms with Gasteiger partial charge in [-0.2, -0.15) is 5.26 Å². The number of rotatable bonds is 6. The molecule has 2 aromatic heterocycles. The maximum Gasteiger partial charge on any atom is 0.230 e. The number of carbonyl (C=O) groups is 1. The molecule has 1 saturated heterocycles. The number of carbonyl (C=O) groups excluding carboxylic acids is 1. The SMILES string of the molecule is COc1cc([C@@H](C)C(=O)N2CC[C@H](Nc3ccc(C4(C#N)C=NC=NC4)c(C)n3)C2)c(F)cn1. The summed E-state index contributed by atoms with van der Waals surface area (Å²) in [7, 11) is 1.45. The molecule has 0 bridgehead atoms. The normalized spacial score (nSPS) is 22.3. The summed E-state index contributed by atoms with van der Waals surface area (Å²) < 4.78 is 19.3. The quantitative estimate of drug-likeness (QED) is 0.704. The van der Waals surface area contributed by atoms with E-state index in [1.165, 1.54) is 19.5 Å². The Morgan fingerprint density at radius 3 is 2.94 bits per heavy atom. The van der Waals surface area contributed by atoms with E-state index in [1.54, 1.807) is 18.0 Å². The number of nitriles is 1. The number of aliphatic imine (C=N–C) groups is 2. The molecule has 4 heterocycles. The number of methoxy groups -OCH3 is 1. The molecule has 0 aromatic carbocycles. The lowest BCUT2D eigenvalue weighted by Gasteiger charge is -2.24. The lowest BCUT2D eigenvalue weighted by molar-refractivity contribution is -0.131. The number of aryl methyl sites for hydroxylation is 1. The molecule has 0 radical (unpaired) electrons. The molecule has 9 nitrogen and oxygen atoms in total. The van der Waals surface area contributed by atoms with Crippen molar-refractivity contribution in [3.8, 4) is 11.9 Å². The Kier molecular flexibility index (Phi) is 6.54. The van der Waals surface area contributed by atoms with E-state index < -0.39 is 17.2 Å². The Hall–Kier alpha value is -3.87. The summed E-state index contributed by atoms with van der Waals surface area (Å²) >= 11 is 0. The number of hydrogen-bond donors (Lipinski definition) is 1. The summed E-state index contributed by atoms with van der Waals surface area (Å²) in [5, 5.41) is 13.1. The lowest BCUT2D eigenvalue weighted by atomic mass is 9.81. The molecule has 176 valence electrons. The molecule has 0 aliphatic carbocycles. The molecule has 4 rings (SSSR count). The van der Waals surface area contributed by atoms with Gasteiger partial charge in [0.25, 0.3) is 0 Å². The fraction of sp³-hybridized carbons (Fsp3) is 0.417. The van der Waals surface area contributed by atoms with Crippen LogP contribution >= 0.6 is 0 Å². The number of aromatic nitrogens is 2. The van der Waals surface area contributed by atoms with Crippen LogP contribution in [-0.4, -0.2) is 66.1 Å². The maximum absolute atomic E-state index is 14.3. The molecule has 1 unspecified atom stereocenters. The van der Waals surface area contributed by atoms with Crippen LogP contribution in [0.15, 0.2) is 34.4 Å². The minimum Gasteiger partial charge on any atom is -0.481 e. The maximum atomic E-state index is 14.3. The first-order valence-electron chi connectivity index (χ1n) is 11.0. The molecule has 2 aromatic rings. The highest BCUT2D eigenvalue weighted by Gasteiger charge is 2.34. The Labute approximate surface area is 197 Å². The second-order valence-corrected chi connectivity index (χ2v) is 8.53. The third-order valence-corrected chi connectivity index (χ3v) is 6.31. The monoisotopic (exact) mass is 463 g/mol. The minimum absolute atomic E-state index is 0.0106. The van der Waals surface area contributed by atoms with Crippen LogP contribution in [0.1, 0.15) is 36.1 Å². The van der Waals surface area contributed by atoms with Crippen molar-refractivity contribution in [1.29, 1.82) is 5.26 Å². The molecular weight excluding hydrogens is 437 g/mol. The van der Waals surface area contributed by atoms with Crippen LogP contribution in [-0.2, 0) is 10.2 Å². The molecule has 2 aliphatic heterocycles. The number of ether oxygens (including phenoxy) is 1. The molecule has 34 heavy (non-hydrogen) atoms. The average Bonchev–Trinajstić information content (AvgIpc) is 3.32. The second-order valence-electron chi connectivity index (χ2n) is 8.53. The van der Waals surface area contributed by atoms with E-state index in [0.717, 1.165) is 23.9 Å². The van der Waals surface area contributed by atoms with Crippen molar-refractivity contribution < 1.29 is 13.9 Å². The van der Waals surface area contributed by atoms with Crippen LogP contribution in [0.4, 0.5) is 10.2 Å². The van der Waals surface area contributed by atoms with Crippen molar-refractivity contribution in [1.82, 2.24) is 14.9 Å². The number of amides is 1. The molecule has 0 spiro atoms. The van der Waals surface area contributed by atoms with Crippen molar-refractivity contribution >= 4 is 24.3 Å². The number of likely N-dealkylation sites (tertiary alicyclic amines) is 1. The molecule has 0 saturated carbocycles. The average molecular weight is 464 g/mol.